The average molecular weight is 277 g/mol. The van der Waals surface area contributed by atoms with Crippen LogP contribution < -0.4 is 0 Å². The van der Waals surface area contributed by atoms with Crippen molar-refractivity contribution < 1.29 is 4.42 Å². The Labute approximate surface area is 126 Å². The van der Waals surface area contributed by atoms with E-state index >= 15 is 0 Å². The largest absolute Gasteiger partial charge is 0.327 e. The van der Waals surface area contributed by atoms with Crippen LogP contribution in [0.1, 0.15) is 28.2 Å². The SMILES string of the molecule is Cc1cc(C)c2ccc(-c3cc(C)[o+]c(C)c3)c-2c(C)c1. The van der Waals surface area contributed by atoms with Crippen molar-refractivity contribution in [2.45, 2.75) is 34.6 Å². The molecule has 0 saturated carbocycles. The molecule has 0 N–H and O–H groups in total. The summed E-state index contributed by atoms with van der Waals surface area (Å²) in [6, 6.07) is 13.2. The highest BCUT2D eigenvalue weighted by atomic mass is 16.3. The molecule has 0 amide bonds. The van der Waals surface area contributed by atoms with Crippen LogP contribution >= 0.6 is 0 Å². The molecule has 0 radical (unpaired) electrons. The molecular weight excluding hydrogens is 256 g/mol. The average Bonchev–Trinajstić information content (AvgIpc) is 2.77. The predicted octanol–water partition coefficient (Wildman–Crippen LogP) is 5.87. The summed E-state index contributed by atoms with van der Waals surface area (Å²) < 4.78 is 5.62. The lowest BCUT2D eigenvalue weighted by Gasteiger charge is -2.06. The maximum absolute atomic E-state index is 5.62. The van der Waals surface area contributed by atoms with Gasteiger partial charge in [-0.15, -0.1) is 0 Å². The molecule has 2 aliphatic rings. The molecule has 1 aromatic rings. The van der Waals surface area contributed by atoms with E-state index in [0.717, 1.165) is 11.5 Å². The first-order valence-electron chi connectivity index (χ1n) is 7.38. The van der Waals surface area contributed by atoms with Gasteiger partial charge in [-0.1, -0.05) is 29.8 Å². The lowest BCUT2D eigenvalue weighted by atomic mass is 9.97. The van der Waals surface area contributed by atoms with Gasteiger partial charge in [-0.25, -0.2) is 4.42 Å². The highest BCUT2D eigenvalue weighted by Gasteiger charge is 2.18. The van der Waals surface area contributed by atoms with Gasteiger partial charge in [0.2, 0.25) is 0 Å². The zero-order chi connectivity index (χ0) is 15.1. The van der Waals surface area contributed by atoms with E-state index in [1.165, 1.54) is 38.9 Å². The lowest BCUT2D eigenvalue weighted by Crippen LogP contribution is -1.85. The van der Waals surface area contributed by atoms with Crippen molar-refractivity contribution in [1.82, 2.24) is 0 Å². The molecule has 0 fully saturated rings. The van der Waals surface area contributed by atoms with Crippen LogP contribution in [0.25, 0.3) is 22.3 Å². The molecule has 3 rings (SSSR count). The van der Waals surface area contributed by atoms with Crippen molar-refractivity contribution in [3.63, 3.8) is 0 Å². The lowest BCUT2D eigenvalue weighted by molar-refractivity contribution is 0.487. The third-order valence-corrected chi connectivity index (χ3v) is 4.01. The molecule has 1 heterocycles. The van der Waals surface area contributed by atoms with Gasteiger partial charge < -0.3 is 0 Å². The Morgan fingerprint density at radius 2 is 1.24 bits per heavy atom. The monoisotopic (exact) mass is 277 g/mol. The van der Waals surface area contributed by atoms with E-state index in [1.807, 2.05) is 13.8 Å². The van der Waals surface area contributed by atoms with Crippen LogP contribution in [0.15, 0.2) is 40.8 Å². The topological polar surface area (TPSA) is 11.3 Å². The summed E-state index contributed by atoms with van der Waals surface area (Å²) in [6.07, 6.45) is 0. The van der Waals surface area contributed by atoms with Crippen molar-refractivity contribution in [1.29, 1.82) is 0 Å². The number of hydrogen-bond acceptors (Lipinski definition) is 0. The number of rotatable bonds is 1. The Balaban J connectivity index is 2.32. The minimum Gasteiger partial charge on any atom is -0.218 e. The molecule has 0 atom stereocenters. The van der Waals surface area contributed by atoms with Gasteiger partial charge in [-0.2, -0.15) is 0 Å². The normalized spacial score (nSPS) is 11.1. The molecule has 106 valence electrons. The Hall–Kier alpha value is -2.15. The summed E-state index contributed by atoms with van der Waals surface area (Å²) in [5.41, 5.74) is 9.18. The fourth-order valence-corrected chi connectivity index (χ4v) is 3.30. The molecule has 0 unspecified atom stereocenters. The fraction of sp³-hybridized carbons (Fsp3) is 0.250. The smallest absolute Gasteiger partial charge is 0.218 e. The zero-order valence-electron chi connectivity index (χ0n) is 13.4. The molecule has 2 aliphatic carbocycles. The van der Waals surface area contributed by atoms with Crippen molar-refractivity contribution >= 4 is 0 Å². The summed E-state index contributed by atoms with van der Waals surface area (Å²) in [4.78, 5) is 0. The minimum atomic E-state index is 0.949. The molecule has 0 spiro atoms. The van der Waals surface area contributed by atoms with E-state index in [2.05, 4.69) is 57.2 Å². The molecule has 0 aromatic carbocycles. The predicted molar refractivity (Wildman–Crippen MR) is 88.9 cm³/mol. The van der Waals surface area contributed by atoms with E-state index in [0.29, 0.717) is 0 Å². The van der Waals surface area contributed by atoms with Crippen molar-refractivity contribution in [2.24, 2.45) is 0 Å². The molecule has 1 nitrogen and oxygen atoms in total. The van der Waals surface area contributed by atoms with E-state index in [1.54, 1.807) is 0 Å². The maximum atomic E-state index is 5.62. The second-order valence-electron chi connectivity index (χ2n) is 6.00. The molecule has 0 aliphatic heterocycles. The fourth-order valence-electron chi connectivity index (χ4n) is 3.30. The van der Waals surface area contributed by atoms with E-state index < -0.39 is 0 Å². The Bertz CT molecular complexity index is 779. The van der Waals surface area contributed by atoms with Gasteiger partial charge in [0.15, 0.2) is 0 Å². The van der Waals surface area contributed by atoms with Crippen LogP contribution in [0, 0.1) is 34.6 Å². The van der Waals surface area contributed by atoms with Crippen molar-refractivity contribution in [3.05, 3.63) is 64.6 Å². The van der Waals surface area contributed by atoms with Crippen molar-refractivity contribution in [2.75, 3.05) is 0 Å². The quantitative estimate of drug-likeness (QED) is 0.506. The first-order valence-corrected chi connectivity index (χ1v) is 7.38. The van der Waals surface area contributed by atoms with Crippen LogP contribution in [0.2, 0.25) is 0 Å². The highest BCUT2D eigenvalue weighted by Crippen LogP contribution is 2.40. The van der Waals surface area contributed by atoms with Crippen LogP contribution in [-0.4, -0.2) is 0 Å². The second-order valence-corrected chi connectivity index (χ2v) is 6.00. The van der Waals surface area contributed by atoms with Gasteiger partial charge in [0.25, 0.3) is 0 Å². The minimum absolute atomic E-state index is 0.949. The van der Waals surface area contributed by atoms with E-state index in [-0.39, 0.29) is 0 Å². The zero-order valence-corrected chi connectivity index (χ0v) is 13.4. The van der Waals surface area contributed by atoms with Crippen molar-refractivity contribution in [3.8, 4) is 22.3 Å². The third kappa shape index (κ3) is 2.44. The Morgan fingerprint density at radius 3 is 1.90 bits per heavy atom. The standard InChI is InChI=1S/C20H21O/c1-12-8-13(2)18-6-7-19(20(18)14(3)9-12)17-10-15(4)21-16(5)11-17/h6-11H,1-5H3/q+1. The molecule has 21 heavy (non-hydrogen) atoms. The number of hydrogen-bond donors (Lipinski definition) is 0. The number of fused-ring (bicyclic) bond motifs is 1. The molecule has 0 saturated heterocycles. The van der Waals surface area contributed by atoms with Crippen LogP contribution in [-0.2, 0) is 0 Å². The van der Waals surface area contributed by atoms with E-state index in [4.69, 9.17) is 4.42 Å². The second kappa shape index (κ2) is 5.00. The summed E-state index contributed by atoms with van der Waals surface area (Å²) in [6.45, 7) is 10.6. The van der Waals surface area contributed by atoms with Gasteiger partial charge in [-0.05, 0) is 48.6 Å². The third-order valence-electron chi connectivity index (χ3n) is 4.01. The summed E-state index contributed by atoms with van der Waals surface area (Å²) in [5, 5.41) is 0. The Morgan fingerprint density at radius 1 is 0.667 bits per heavy atom. The van der Waals surface area contributed by atoms with E-state index in [9.17, 15) is 0 Å². The summed E-state index contributed by atoms with van der Waals surface area (Å²) >= 11 is 0. The van der Waals surface area contributed by atoms with Crippen LogP contribution in [0.3, 0.4) is 0 Å². The van der Waals surface area contributed by atoms with Crippen LogP contribution in [0.5, 0.6) is 0 Å². The van der Waals surface area contributed by atoms with Gasteiger partial charge in [-0.3, -0.25) is 0 Å². The molecule has 0 bridgehead atoms. The van der Waals surface area contributed by atoms with Gasteiger partial charge in [0.1, 0.15) is 0 Å². The first-order chi connectivity index (χ1) is 9.95. The summed E-state index contributed by atoms with van der Waals surface area (Å²) in [7, 11) is 0. The number of aryl methyl sites for hydroxylation is 5. The first kappa shape index (κ1) is 13.8. The molecule has 1 heteroatoms. The maximum Gasteiger partial charge on any atom is 0.327 e. The molecular formula is C20H21O+. The van der Waals surface area contributed by atoms with Gasteiger partial charge >= 0.3 is 11.5 Å². The van der Waals surface area contributed by atoms with Crippen LogP contribution in [0.4, 0.5) is 0 Å². The Kier molecular flexibility index (Phi) is 3.29. The van der Waals surface area contributed by atoms with Gasteiger partial charge in [0.05, 0.1) is 13.8 Å². The van der Waals surface area contributed by atoms with Gasteiger partial charge in [0, 0.05) is 17.7 Å². The summed E-state index contributed by atoms with van der Waals surface area (Å²) in [5.74, 6) is 1.90. The molecule has 1 aromatic heterocycles. The highest BCUT2D eigenvalue weighted by molar-refractivity contribution is 5.89.